The molecule has 7 heteroatoms. The standard InChI is InChI=1S/C18H22N2O5/c1-19(2)18(23)13-9-12(3-6-21)17-14(10-13)15(22)11-16(25-17)20-4-7-24-8-5-20/h9-11,21H,3-8H2,1-2H3. The molecule has 0 radical (unpaired) electrons. The van der Waals surface area contributed by atoms with E-state index in [0.717, 1.165) is 0 Å². The van der Waals surface area contributed by atoms with E-state index in [1.807, 2.05) is 4.90 Å². The Bertz CT molecular complexity index is 837. The molecule has 1 aliphatic rings. The van der Waals surface area contributed by atoms with Crippen molar-refractivity contribution in [3.63, 3.8) is 0 Å². The summed E-state index contributed by atoms with van der Waals surface area (Å²) in [6.07, 6.45) is 0.306. The molecular formula is C18H22N2O5. The number of aliphatic hydroxyl groups excluding tert-OH is 1. The van der Waals surface area contributed by atoms with E-state index in [2.05, 4.69) is 0 Å². The molecule has 1 aliphatic heterocycles. The molecule has 0 saturated carbocycles. The summed E-state index contributed by atoms with van der Waals surface area (Å²) in [7, 11) is 3.31. The highest BCUT2D eigenvalue weighted by molar-refractivity contribution is 5.98. The van der Waals surface area contributed by atoms with E-state index in [9.17, 15) is 14.7 Å². The number of carbonyl (C=O) groups excluding carboxylic acids is 1. The smallest absolute Gasteiger partial charge is 0.253 e. The lowest BCUT2D eigenvalue weighted by molar-refractivity contribution is 0.0827. The van der Waals surface area contributed by atoms with Gasteiger partial charge in [-0.05, 0) is 24.1 Å². The van der Waals surface area contributed by atoms with E-state index < -0.39 is 0 Å². The molecule has 1 aromatic carbocycles. The predicted molar refractivity (Wildman–Crippen MR) is 94.3 cm³/mol. The molecule has 1 saturated heterocycles. The van der Waals surface area contributed by atoms with Gasteiger partial charge in [-0.2, -0.15) is 0 Å². The molecule has 1 N–H and O–H groups in total. The molecule has 3 rings (SSSR count). The van der Waals surface area contributed by atoms with E-state index in [1.165, 1.54) is 11.0 Å². The highest BCUT2D eigenvalue weighted by Gasteiger charge is 2.19. The first-order valence-electron chi connectivity index (χ1n) is 8.27. The fraction of sp³-hybridized carbons (Fsp3) is 0.444. The Morgan fingerprint density at radius 3 is 2.60 bits per heavy atom. The van der Waals surface area contributed by atoms with Gasteiger partial charge >= 0.3 is 0 Å². The van der Waals surface area contributed by atoms with Gasteiger partial charge in [-0.15, -0.1) is 0 Å². The number of morpholine rings is 1. The van der Waals surface area contributed by atoms with E-state index in [0.29, 0.717) is 60.7 Å². The Balaban J connectivity index is 2.15. The van der Waals surface area contributed by atoms with E-state index in [4.69, 9.17) is 9.15 Å². The Hall–Kier alpha value is -2.38. The fourth-order valence-electron chi connectivity index (χ4n) is 2.94. The van der Waals surface area contributed by atoms with Crippen LogP contribution >= 0.6 is 0 Å². The molecular weight excluding hydrogens is 324 g/mol. The molecule has 0 atom stereocenters. The van der Waals surface area contributed by atoms with E-state index >= 15 is 0 Å². The largest absolute Gasteiger partial charge is 0.440 e. The summed E-state index contributed by atoms with van der Waals surface area (Å²) in [6.45, 7) is 2.38. The molecule has 7 nitrogen and oxygen atoms in total. The molecule has 134 valence electrons. The van der Waals surface area contributed by atoms with Gasteiger partial charge in [-0.3, -0.25) is 9.59 Å². The van der Waals surface area contributed by atoms with Crippen molar-refractivity contribution in [1.29, 1.82) is 0 Å². The van der Waals surface area contributed by atoms with E-state index in [1.54, 1.807) is 26.2 Å². The molecule has 1 amide bonds. The number of fused-ring (bicyclic) bond motifs is 1. The average molecular weight is 346 g/mol. The molecule has 2 aromatic rings. The number of benzene rings is 1. The zero-order valence-corrected chi connectivity index (χ0v) is 14.4. The Labute approximate surface area is 145 Å². The third-order valence-electron chi connectivity index (χ3n) is 4.25. The number of nitrogens with zero attached hydrogens (tertiary/aromatic N) is 2. The maximum atomic E-state index is 12.6. The number of ether oxygens (including phenoxy) is 1. The topological polar surface area (TPSA) is 83.2 Å². The monoisotopic (exact) mass is 346 g/mol. The highest BCUT2D eigenvalue weighted by Crippen LogP contribution is 2.25. The van der Waals surface area contributed by atoms with Crippen LogP contribution in [0.25, 0.3) is 11.0 Å². The van der Waals surface area contributed by atoms with Crippen LogP contribution in [0.5, 0.6) is 0 Å². The summed E-state index contributed by atoms with van der Waals surface area (Å²) in [5, 5.41) is 9.72. The second kappa shape index (κ2) is 7.25. The van der Waals surface area contributed by atoms with Gasteiger partial charge in [0, 0.05) is 45.4 Å². The van der Waals surface area contributed by atoms with Crippen molar-refractivity contribution in [2.45, 2.75) is 6.42 Å². The lowest BCUT2D eigenvalue weighted by Gasteiger charge is -2.27. The zero-order valence-electron chi connectivity index (χ0n) is 14.4. The summed E-state index contributed by atoms with van der Waals surface area (Å²) >= 11 is 0. The lowest BCUT2D eigenvalue weighted by Crippen LogP contribution is -2.36. The van der Waals surface area contributed by atoms with Crippen molar-refractivity contribution < 1.29 is 19.1 Å². The summed E-state index contributed by atoms with van der Waals surface area (Å²) in [4.78, 5) is 28.3. The number of anilines is 1. The third-order valence-corrected chi connectivity index (χ3v) is 4.25. The van der Waals surface area contributed by atoms with Crippen LogP contribution in [-0.4, -0.2) is 62.9 Å². The first-order chi connectivity index (χ1) is 12.0. The number of amides is 1. The number of hydrogen-bond acceptors (Lipinski definition) is 6. The van der Waals surface area contributed by atoms with Crippen LogP contribution in [-0.2, 0) is 11.2 Å². The highest BCUT2D eigenvalue weighted by atomic mass is 16.5. The van der Waals surface area contributed by atoms with Crippen LogP contribution in [0.4, 0.5) is 5.88 Å². The van der Waals surface area contributed by atoms with Gasteiger partial charge in [0.1, 0.15) is 5.58 Å². The molecule has 25 heavy (non-hydrogen) atoms. The van der Waals surface area contributed by atoms with Crippen LogP contribution in [0, 0.1) is 0 Å². The van der Waals surface area contributed by atoms with Crippen molar-refractivity contribution in [3.8, 4) is 0 Å². The lowest BCUT2D eigenvalue weighted by atomic mass is 10.0. The summed E-state index contributed by atoms with van der Waals surface area (Å²) < 4.78 is 11.3. The van der Waals surface area contributed by atoms with Crippen molar-refractivity contribution in [2.75, 3.05) is 51.9 Å². The number of carbonyl (C=O) groups is 1. The number of aliphatic hydroxyl groups is 1. The Kier molecular flexibility index (Phi) is 5.06. The van der Waals surface area contributed by atoms with Gasteiger partial charge < -0.3 is 24.1 Å². The Morgan fingerprint density at radius 1 is 1.24 bits per heavy atom. The molecule has 1 fully saturated rings. The fourth-order valence-corrected chi connectivity index (χ4v) is 2.94. The van der Waals surface area contributed by atoms with Crippen molar-refractivity contribution >= 4 is 22.8 Å². The molecule has 2 heterocycles. The van der Waals surface area contributed by atoms with E-state index in [-0.39, 0.29) is 17.9 Å². The summed E-state index contributed by atoms with van der Waals surface area (Å²) in [6, 6.07) is 4.71. The molecule has 0 aliphatic carbocycles. The number of rotatable bonds is 4. The quantitative estimate of drug-likeness (QED) is 0.884. The maximum absolute atomic E-state index is 12.6. The van der Waals surface area contributed by atoms with Crippen molar-refractivity contribution in [1.82, 2.24) is 4.90 Å². The molecule has 0 bridgehead atoms. The zero-order chi connectivity index (χ0) is 18.0. The van der Waals surface area contributed by atoms with Crippen LogP contribution < -0.4 is 10.3 Å². The Morgan fingerprint density at radius 2 is 1.96 bits per heavy atom. The molecule has 1 aromatic heterocycles. The third kappa shape index (κ3) is 3.52. The minimum absolute atomic E-state index is 0.0970. The van der Waals surface area contributed by atoms with Gasteiger partial charge in [0.25, 0.3) is 5.91 Å². The van der Waals surface area contributed by atoms with Gasteiger partial charge in [-0.25, -0.2) is 0 Å². The van der Waals surface area contributed by atoms with Gasteiger partial charge in [0.2, 0.25) is 0 Å². The molecule has 0 unspecified atom stereocenters. The normalized spacial score (nSPS) is 14.8. The van der Waals surface area contributed by atoms with Crippen LogP contribution in [0.3, 0.4) is 0 Å². The second-order valence-electron chi connectivity index (χ2n) is 6.23. The van der Waals surface area contributed by atoms with Crippen LogP contribution in [0.15, 0.2) is 27.4 Å². The number of hydrogen-bond donors (Lipinski definition) is 1. The minimum atomic E-state index is -0.199. The van der Waals surface area contributed by atoms with Gasteiger partial charge in [-0.1, -0.05) is 0 Å². The predicted octanol–water partition coefficient (Wildman–Crippen LogP) is 0.866. The van der Waals surface area contributed by atoms with Crippen LogP contribution in [0.1, 0.15) is 15.9 Å². The summed E-state index contributed by atoms with van der Waals surface area (Å²) in [5.74, 6) is 0.296. The first kappa shape index (κ1) is 17.4. The second-order valence-corrected chi connectivity index (χ2v) is 6.23. The maximum Gasteiger partial charge on any atom is 0.253 e. The van der Waals surface area contributed by atoms with Crippen LogP contribution in [0.2, 0.25) is 0 Å². The SMILES string of the molecule is CN(C)C(=O)c1cc(CCO)c2oc(N3CCOCC3)cc(=O)c2c1. The first-order valence-corrected chi connectivity index (χ1v) is 8.27. The summed E-state index contributed by atoms with van der Waals surface area (Å²) in [5.41, 5.74) is 1.29. The van der Waals surface area contributed by atoms with Crippen molar-refractivity contribution in [3.05, 3.63) is 39.5 Å². The van der Waals surface area contributed by atoms with Gasteiger partial charge in [0.05, 0.1) is 18.6 Å². The van der Waals surface area contributed by atoms with Crippen molar-refractivity contribution in [2.24, 2.45) is 0 Å². The minimum Gasteiger partial charge on any atom is -0.440 e. The van der Waals surface area contributed by atoms with Gasteiger partial charge in [0.15, 0.2) is 11.3 Å². The molecule has 0 spiro atoms. The average Bonchev–Trinajstić information content (AvgIpc) is 2.62.